The topological polar surface area (TPSA) is 75.3 Å². The van der Waals surface area contributed by atoms with Crippen molar-refractivity contribution in [3.63, 3.8) is 0 Å². The van der Waals surface area contributed by atoms with Crippen molar-refractivity contribution in [2.75, 3.05) is 13.6 Å². The number of benzene rings is 2. The number of guanidine groups is 1. The molecular formula is C19H19Cl2N5O. The number of hydrogen-bond donors (Lipinski definition) is 2. The van der Waals surface area contributed by atoms with Gasteiger partial charge in [0.25, 0.3) is 0 Å². The normalized spacial score (nSPS) is 11.4. The average molecular weight is 404 g/mol. The molecule has 0 spiro atoms. The Balaban J connectivity index is 1.49. The molecule has 1 heterocycles. The predicted molar refractivity (Wildman–Crippen MR) is 108 cm³/mol. The third kappa shape index (κ3) is 5.70. The van der Waals surface area contributed by atoms with E-state index in [0.717, 1.165) is 29.1 Å². The lowest BCUT2D eigenvalue weighted by Crippen LogP contribution is -2.37. The van der Waals surface area contributed by atoms with Crippen LogP contribution < -0.4 is 10.6 Å². The summed E-state index contributed by atoms with van der Waals surface area (Å²) in [5.41, 5.74) is 1.97. The average Bonchev–Trinajstić information content (AvgIpc) is 3.14. The zero-order valence-corrected chi connectivity index (χ0v) is 16.3. The Bertz CT molecular complexity index is 926. The van der Waals surface area contributed by atoms with Crippen molar-refractivity contribution in [2.45, 2.75) is 13.0 Å². The Morgan fingerprint density at radius 2 is 1.85 bits per heavy atom. The van der Waals surface area contributed by atoms with Gasteiger partial charge in [-0.3, -0.25) is 4.99 Å². The van der Waals surface area contributed by atoms with Crippen LogP contribution in [0, 0.1) is 0 Å². The van der Waals surface area contributed by atoms with Crippen LogP contribution in [0.1, 0.15) is 11.5 Å². The molecular weight excluding hydrogens is 385 g/mol. The first-order valence-corrected chi connectivity index (χ1v) is 9.17. The summed E-state index contributed by atoms with van der Waals surface area (Å²) >= 11 is 12.0. The molecule has 2 aromatic carbocycles. The molecule has 1 aromatic heterocycles. The molecule has 0 amide bonds. The first-order valence-electron chi connectivity index (χ1n) is 8.41. The predicted octanol–water partition coefficient (Wildman–Crippen LogP) is 3.95. The van der Waals surface area contributed by atoms with Gasteiger partial charge < -0.3 is 15.2 Å². The van der Waals surface area contributed by atoms with Crippen LogP contribution in [0.3, 0.4) is 0 Å². The number of rotatable bonds is 6. The summed E-state index contributed by atoms with van der Waals surface area (Å²) in [7, 11) is 1.71. The Morgan fingerprint density at radius 1 is 1.07 bits per heavy atom. The fourth-order valence-corrected chi connectivity index (χ4v) is 2.87. The number of hydrogen-bond acceptors (Lipinski definition) is 4. The Hall–Kier alpha value is -2.57. The van der Waals surface area contributed by atoms with Crippen molar-refractivity contribution in [1.82, 2.24) is 20.8 Å². The molecule has 2 N–H and O–H groups in total. The largest absolute Gasteiger partial charge is 0.356 e. The molecule has 0 aliphatic heterocycles. The maximum atomic E-state index is 6.00. The number of aliphatic imine (C=N–C) groups is 1. The van der Waals surface area contributed by atoms with Gasteiger partial charge in [0.05, 0.1) is 6.54 Å². The van der Waals surface area contributed by atoms with E-state index < -0.39 is 0 Å². The number of nitrogens with one attached hydrogen (secondary N) is 2. The van der Waals surface area contributed by atoms with Crippen LogP contribution in [0.4, 0.5) is 0 Å². The van der Waals surface area contributed by atoms with E-state index in [-0.39, 0.29) is 0 Å². The molecule has 0 fully saturated rings. The highest BCUT2D eigenvalue weighted by Gasteiger charge is 2.09. The van der Waals surface area contributed by atoms with Crippen LogP contribution >= 0.6 is 23.2 Å². The molecule has 0 atom stereocenters. The summed E-state index contributed by atoms with van der Waals surface area (Å²) in [5, 5.41) is 11.7. The van der Waals surface area contributed by atoms with Crippen molar-refractivity contribution in [3.8, 4) is 11.4 Å². The molecule has 0 saturated carbocycles. The van der Waals surface area contributed by atoms with Crippen LogP contribution in [0.25, 0.3) is 11.4 Å². The first-order chi connectivity index (χ1) is 13.1. The van der Waals surface area contributed by atoms with Gasteiger partial charge in [0.2, 0.25) is 11.7 Å². The molecule has 0 aliphatic carbocycles. The fourth-order valence-electron chi connectivity index (χ4n) is 2.47. The monoisotopic (exact) mass is 403 g/mol. The Labute approximate surface area is 167 Å². The minimum atomic E-state index is 0.365. The van der Waals surface area contributed by atoms with Gasteiger partial charge in [-0.2, -0.15) is 4.98 Å². The number of aromatic nitrogens is 2. The van der Waals surface area contributed by atoms with Gasteiger partial charge in [-0.05, 0) is 36.2 Å². The summed E-state index contributed by atoms with van der Waals surface area (Å²) in [6, 6.07) is 15.1. The van der Waals surface area contributed by atoms with Gasteiger partial charge >= 0.3 is 0 Å². The van der Waals surface area contributed by atoms with Crippen LogP contribution in [0.2, 0.25) is 10.0 Å². The third-order valence-corrected chi connectivity index (χ3v) is 4.25. The highest BCUT2D eigenvalue weighted by Crippen LogP contribution is 2.19. The Kier molecular flexibility index (Phi) is 6.68. The number of nitrogens with zero attached hydrogens (tertiary/aromatic N) is 3. The third-order valence-electron chi connectivity index (χ3n) is 3.78. The minimum Gasteiger partial charge on any atom is -0.356 e. The molecule has 27 heavy (non-hydrogen) atoms. The van der Waals surface area contributed by atoms with Crippen molar-refractivity contribution in [1.29, 1.82) is 0 Å². The molecule has 0 unspecified atom stereocenters. The smallest absolute Gasteiger partial charge is 0.246 e. The van der Waals surface area contributed by atoms with E-state index in [0.29, 0.717) is 29.2 Å². The molecule has 3 aromatic rings. The standard InChI is InChI=1S/C19H19Cl2N5O/c1-22-19(23-9-8-13-4-2-6-15(20)10-13)24-12-17-25-18(26-27-17)14-5-3-7-16(21)11-14/h2-7,10-11H,8-9,12H2,1H3,(H2,22,23,24). The SMILES string of the molecule is CN=C(NCCc1cccc(Cl)c1)NCc1nc(-c2cccc(Cl)c2)no1. The van der Waals surface area contributed by atoms with E-state index in [1.807, 2.05) is 36.4 Å². The zero-order valence-electron chi connectivity index (χ0n) is 14.7. The van der Waals surface area contributed by atoms with E-state index in [1.54, 1.807) is 19.2 Å². The van der Waals surface area contributed by atoms with E-state index in [1.165, 1.54) is 0 Å². The molecule has 0 radical (unpaired) electrons. The summed E-state index contributed by atoms with van der Waals surface area (Å²) in [6.07, 6.45) is 0.834. The van der Waals surface area contributed by atoms with E-state index in [2.05, 4.69) is 25.8 Å². The lowest BCUT2D eigenvalue weighted by molar-refractivity contribution is 0.375. The summed E-state index contributed by atoms with van der Waals surface area (Å²) < 4.78 is 5.28. The van der Waals surface area contributed by atoms with Crippen LogP contribution in [0.15, 0.2) is 58.0 Å². The second-order valence-corrected chi connectivity index (χ2v) is 6.63. The number of halogens is 2. The van der Waals surface area contributed by atoms with Gasteiger partial charge in [0.15, 0.2) is 5.96 Å². The lowest BCUT2D eigenvalue weighted by atomic mass is 10.1. The summed E-state index contributed by atoms with van der Waals surface area (Å²) in [4.78, 5) is 8.56. The maximum absolute atomic E-state index is 6.00. The van der Waals surface area contributed by atoms with Gasteiger partial charge in [-0.1, -0.05) is 52.6 Å². The fraction of sp³-hybridized carbons (Fsp3) is 0.211. The quantitative estimate of drug-likeness (QED) is 0.481. The van der Waals surface area contributed by atoms with Gasteiger partial charge in [0.1, 0.15) is 0 Å². The van der Waals surface area contributed by atoms with E-state index >= 15 is 0 Å². The van der Waals surface area contributed by atoms with Gasteiger partial charge in [-0.15, -0.1) is 0 Å². The first kappa shape index (κ1) is 19.2. The lowest BCUT2D eigenvalue weighted by Gasteiger charge is -2.10. The van der Waals surface area contributed by atoms with Crippen molar-refractivity contribution in [3.05, 3.63) is 70.0 Å². The minimum absolute atomic E-state index is 0.365. The van der Waals surface area contributed by atoms with E-state index in [9.17, 15) is 0 Å². The molecule has 0 aliphatic rings. The highest BCUT2D eigenvalue weighted by molar-refractivity contribution is 6.31. The van der Waals surface area contributed by atoms with Gasteiger partial charge in [0, 0.05) is 29.2 Å². The highest BCUT2D eigenvalue weighted by atomic mass is 35.5. The molecule has 0 saturated heterocycles. The second-order valence-electron chi connectivity index (χ2n) is 5.75. The summed E-state index contributed by atoms with van der Waals surface area (Å²) in [5.74, 6) is 1.61. The van der Waals surface area contributed by atoms with Crippen molar-refractivity contribution in [2.24, 2.45) is 4.99 Å². The van der Waals surface area contributed by atoms with Crippen molar-refractivity contribution >= 4 is 29.2 Å². The van der Waals surface area contributed by atoms with Crippen molar-refractivity contribution < 1.29 is 4.52 Å². The molecule has 3 rings (SSSR count). The van der Waals surface area contributed by atoms with E-state index in [4.69, 9.17) is 27.7 Å². The van der Waals surface area contributed by atoms with Crippen LogP contribution in [-0.2, 0) is 13.0 Å². The van der Waals surface area contributed by atoms with Crippen LogP contribution in [-0.4, -0.2) is 29.7 Å². The maximum Gasteiger partial charge on any atom is 0.246 e. The molecule has 6 nitrogen and oxygen atoms in total. The molecule has 140 valence electrons. The van der Waals surface area contributed by atoms with Crippen LogP contribution in [0.5, 0.6) is 0 Å². The zero-order chi connectivity index (χ0) is 19.1. The molecule has 0 bridgehead atoms. The van der Waals surface area contributed by atoms with Gasteiger partial charge in [-0.25, -0.2) is 0 Å². The molecule has 8 heteroatoms. The Morgan fingerprint density at radius 3 is 2.59 bits per heavy atom. The second kappa shape index (κ2) is 9.39. The summed E-state index contributed by atoms with van der Waals surface area (Å²) in [6.45, 7) is 1.09.